The van der Waals surface area contributed by atoms with Crippen molar-refractivity contribution in [2.24, 2.45) is 0 Å². The van der Waals surface area contributed by atoms with Crippen molar-refractivity contribution < 1.29 is 14.3 Å². The molecule has 1 aromatic rings. The minimum absolute atomic E-state index is 0.00870. The summed E-state index contributed by atoms with van der Waals surface area (Å²) in [6.07, 6.45) is 0.410. The van der Waals surface area contributed by atoms with E-state index in [-0.39, 0.29) is 18.0 Å². The molecule has 1 fully saturated rings. The zero-order chi connectivity index (χ0) is 13.1. The molecule has 1 saturated heterocycles. The number of methoxy groups -OCH3 is 1. The van der Waals surface area contributed by atoms with Crippen LogP contribution in [0.4, 0.5) is 4.79 Å². The minimum Gasteiger partial charge on any atom is -0.453 e. The van der Waals surface area contributed by atoms with E-state index in [1.54, 1.807) is 4.90 Å². The van der Waals surface area contributed by atoms with E-state index in [0.29, 0.717) is 18.0 Å². The van der Waals surface area contributed by atoms with Crippen LogP contribution in [0.25, 0.3) is 0 Å². The molecular weight excluding hydrogens is 320 g/mol. The topological polar surface area (TPSA) is 58.6 Å². The fraction of sp³-hybridized carbons (Fsp3) is 0.455. The van der Waals surface area contributed by atoms with Gasteiger partial charge in [0, 0.05) is 23.6 Å². The van der Waals surface area contributed by atoms with Crippen molar-refractivity contribution in [1.82, 2.24) is 10.2 Å². The Morgan fingerprint density at radius 1 is 1.61 bits per heavy atom. The van der Waals surface area contributed by atoms with Crippen LogP contribution < -0.4 is 5.32 Å². The molecular formula is C11H13BrN2O3S. The summed E-state index contributed by atoms with van der Waals surface area (Å²) in [5.41, 5.74) is 0. The Kier molecular flexibility index (Phi) is 4.23. The summed E-state index contributed by atoms with van der Waals surface area (Å²) in [6, 6.07) is 1.83. The number of carbonyl (C=O) groups is 2. The molecule has 1 aromatic heterocycles. The molecule has 0 aromatic carbocycles. The fourth-order valence-electron chi connectivity index (χ4n) is 1.88. The third-order valence-corrected chi connectivity index (χ3v) is 4.62. The Labute approximate surface area is 117 Å². The van der Waals surface area contributed by atoms with Gasteiger partial charge in [-0.15, -0.1) is 11.3 Å². The van der Waals surface area contributed by atoms with Crippen LogP contribution in [-0.2, 0) is 4.74 Å². The molecule has 0 radical (unpaired) electrons. The SMILES string of the molecule is COC(=O)N1CCC(NC(=O)c2sccc2Br)C1. The molecule has 18 heavy (non-hydrogen) atoms. The second-order valence-corrected chi connectivity index (χ2v) is 5.74. The Hall–Kier alpha value is -1.08. The Balaban J connectivity index is 1.90. The van der Waals surface area contributed by atoms with Crippen LogP contribution in [-0.4, -0.2) is 43.1 Å². The van der Waals surface area contributed by atoms with Gasteiger partial charge in [-0.1, -0.05) is 0 Å². The zero-order valence-corrected chi connectivity index (χ0v) is 12.2. The number of halogens is 1. The summed E-state index contributed by atoms with van der Waals surface area (Å²) in [7, 11) is 1.36. The van der Waals surface area contributed by atoms with Gasteiger partial charge in [0.05, 0.1) is 7.11 Å². The number of amides is 2. The summed E-state index contributed by atoms with van der Waals surface area (Å²) < 4.78 is 5.45. The summed E-state index contributed by atoms with van der Waals surface area (Å²) in [4.78, 5) is 25.5. The number of thiophene rings is 1. The molecule has 1 aliphatic heterocycles. The van der Waals surface area contributed by atoms with E-state index in [0.717, 1.165) is 10.9 Å². The van der Waals surface area contributed by atoms with Crippen molar-refractivity contribution in [2.75, 3.05) is 20.2 Å². The molecule has 1 atom stereocenters. The Bertz CT molecular complexity index is 463. The Morgan fingerprint density at radius 2 is 2.39 bits per heavy atom. The summed E-state index contributed by atoms with van der Waals surface area (Å²) in [5, 5.41) is 4.78. The molecule has 1 N–H and O–H groups in total. The second-order valence-electron chi connectivity index (χ2n) is 3.97. The van der Waals surface area contributed by atoms with Crippen LogP contribution in [0.2, 0.25) is 0 Å². The number of nitrogens with one attached hydrogen (secondary N) is 1. The Morgan fingerprint density at radius 3 is 3.00 bits per heavy atom. The highest BCUT2D eigenvalue weighted by atomic mass is 79.9. The van der Waals surface area contributed by atoms with Gasteiger partial charge in [0.15, 0.2) is 0 Å². The highest BCUT2D eigenvalue weighted by Crippen LogP contribution is 2.23. The molecule has 5 nitrogen and oxygen atoms in total. The van der Waals surface area contributed by atoms with E-state index in [1.165, 1.54) is 18.4 Å². The van der Waals surface area contributed by atoms with Gasteiger partial charge in [0.25, 0.3) is 5.91 Å². The zero-order valence-electron chi connectivity index (χ0n) is 9.81. The van der Waals surface area contributed by atoms with Crippen molar-refractivity contribution in [2.45, 2.75) is 12.5 Å². The molecule has 0 bridgehead atoms. The maximum Gasteiger partial charge on any atom is 0.409 e. The van der Waals surface area contributed by atoms with Crippen molar-refractivity contribution in [3.63, 3.8) is 0 Å². The van der Waals surface area contributed by atoms with Gasteiger partial charge in [-0.2, -0.15) is 0 Å². The number of carbonyl (C=O) groups excluding carboxylic acids is 2. The van der Waals surface area contributed by atoms with Crippen LogP contribution in [0.15, 0.2) is 15.9 Å². The first-order valence-corrected chi connectivity index (χ1v) is 7.16. The maximum atomic E-state index is 12.0. The van der Waals surface area contributed by atoms with Crippen molar-refractivity contribution in [1.29, 1.82) is 0 Å². The molecule has 98 valence electrons. The molecule has 7 heteroatoms. The number of likely N-dealkylation sites (tertiary alicyclic amines) is 1. The smallest absolute Gasteiger partial charge is 0.409 e. The van der Waals surface area contributed by atoms with Gasteiger partial charge in [0.2, 0.25) is 0 Å². The predicted molar refractivity (Wildman–Crippen MR) is 71.9 cm³/mol. The van der Waals surface area contributed by atoms with Gasteiger partial charge in [0.1, 0.15) is 4.88 Å². The average Bonchev–Trinajstić information content (AvgIpc) is 2.97. The molecule has 0 aliphatic carbocycles. The molecule has 2 heterocycles. The normalized spacial score (nSPS) is 18.8. The number of ether oxygens (including phenoxy) is 1. The van der Waals surface area contributed by atoms with Crippen LogP contribution in [0, 0.1) is 0 Å². The first-order chi connectivity index (χ1) is 8.61. The lowest BCUT2D eigenvalue weighted by Crippen LogP contribution is -2.38. The number of rotatable bonds is 2. The predicted octanol–water partition coefficient (Wildman–Crippen LogP) is 2.08. The largest absolute Gasteiger partial charge is 0.453 e. The maximum absolute atomic E-state index is 12.0. The van der Waals surface area contributed by atoms with E-state index in [1.807, 2.05) is 11.4 Å². The van der Waals surface area contributed by atoms with Crippen LogP contribution >= 0.6 is 27.3 Å². The van der Waals surface area contributed by atoms with Gasteiger partial charge in [-0.25, -0.2) is 4.79 Å². The molecule has 0 saturated carbocycles. The van der Waals surface area contributed by atoms with Crippen LogP contribution in [0.5, 0.6) is 0 Å². The van der Waals surface area contributed by atoms with Crippen molar-refractivity contribution in [3.8, 4) is 0 Å². The first-order valence-electron chi connectivity index (χ1n) is 5.48. The van der Waals surface area contributed by atoms with E-state index >= 15 is 0 Å². The summed E-state index contributed by atoms with van der Waals surface area (Å²) in [5.74, 6) is -0.103. The number of nitrogens with zero attached hydrogens (tertiary/aromatic N) is 1. The van der Waals surface area contributed by atoms with Gasteiger partial charge in [-0.05, 0) is 33.8 Å². The third kappa shape index (κ3) is 2.84. The van der Waals surface area contributed by atoms with Crippen molar-refractivity contribution in [3.05, 3.63) is 20.8 Å². The van der Waals surface area contributed by atoms with Crippen LogP contribution in [0.1, 0.15) is 16.1 Å². The van der Waals surface area contributed by atoms with E-state index < -0.39 is 0 Å². The average molecular weight is 333 g/mol. The lowest BCUT2D eigenvalue weighted by Gasteiger charge is -2.15. The molecule has 1 unspecified atom stereocenters. The quantitative estimate of drug-likeness (QED) is 0.902. The van der Waals surface area contributed by atoms with Gasteiger partial charge in [-0.3, -0.25) is 4.79 Å². The number of hydrogen-bond acceptors (Lipinski definition) is 4. The third-order valence-electron chi connectivity index (χ3n) is 2.78. The lowest BCUT2D eigenvalue weighted by molar-refractivity contribution is 0.0937. The minimum atomic E-state index is -0.343. The standard InChI is InChI=1S/C11H13BrN2O3S/c1-17-11(16)14-4-2-7(6-14)13-10(15)9-8(12)3-5-18-9/h3,5,7H,2,4,6H2,1H3,(H,13,15). The van der Waals surface area contributed by atoms with E-state index in [4.69, 9.17) is 0 Å². The van der Waals surface area contributed by atoms with Gasteiger partial charge >= 0.3 is 6.09 Å². The van der Waals surface area contributed by atoms with Crippen LogP contribution in [0.3, 0.4) is 0 Å². The highest BCUT2D eigenvalue weighted by Gasteiger charge is 2.28. The second kappa shape index (κ2) is 5.71. The highest BCUT2D eigenvalue weighted by molar-refractivity contribution is 9.10. The lowest BCUT2D eigenvalue weighted by atomic mass is 10.2. The molecule has 2 rings (SSSR count). The monoisotopic (exact) mass is 332 g/mol. The summed E-state index contributed by atoms with van der Waals surface area (Å²) in [6.45, 7) is 1.12. The number of hydrogen-bond donors (Lipinski definition) is 1. The molecule has 0 spiro atoms. The van der Waals surface area contributed by atoms with Crippen molar-refractivity contribution >= 4 is 39.3 Å². The van der Waals surface area contributed by atoms with E-state index in [9.17, 15) is 9.59 Å². The first kappa shape index (κ1) is 13.4. The molecule has 2 amide bonds. The summed E-state index contributed by atoms with van der Waals surface area (Å²) >= 11 is 4.72. The molecule has 1 aliphatic rings. The fourth-order valence-corrected chi connectivity index (χ4v) is 3.33. The van der Waals surface area contributed by atoms with E-state index in [2.05, 4.69) is 26.0 Å². The van der Waals surface area contributed by atoms with Gasteiger partial charge < -0.3 is 15.0 Å².